The molecule has 0 amide bonds. The van der Waals surface area contributed by atoms with Crippen molar-refractivity contribution in [3.8, 4) is 0 Å². The molecule has 1 radical (unpaired) electrons. The molecule has 65 valence electrons. The SMILES string of the molecule is C[C](CO)CCCCCC=O. The van der Waals surface area contributed by atoms with E-state index in [-0.39, 0.29) is 6.61 Å². The first kappa shape index (κ1) is 10.6. The van der Waals surface area contributed by atoms with E-state index in [9.17, 15) is 4.79 Å². The van der Waals surface area contributed by atoms with Gasteiger partial charge in [0.15, 0.2) is 0 Å². The predicted molar refractivity (Wildman–Crippen MR) is 45.2 cm³/mol. The number of carbonyl (C=O) groups excluding carboxylic acids is 1. The second-order valence-electron chi connectivity index (χ2n) is 2.88. The molecule has 0 aliphatic rings. The minimum atomic E-state index is 0.202. The molecular formula is C9H17O2. The van der Waals surface area contributed by atoms with Crippen molar-refractivity contribution in [2.24, 2.45) is 0 Å². The zero-order valence-corrected chi connectivity index (χ0v) is 7.18. The zero-order chi connectivity index (χ0) is 8.53. The van der Waals surface area contributed by atoms with E-state index in [2.05, 4.69) is 0 Å². The first-order chi connectivity index (χ1) is 5.31. The van der Waals surface area contributed by atoms with Gasteiger partial charge in [-0.15, -0.1) is 0 Å². The fourth-order valence-electron chi connectivity index (χ4n) is 0.910. The van der Waals surface area contributed by atoms with Gasteiger partial charge < -0.3 is 9.90 Å². The maximum Gasteiger partial charge on any atom is 0.119 e. The second kappa shape index (κ2) is 7.73. The fourth-order valence-corrected chi connectivity index (χ4v) is 0.910. The van der Waals surface area contributed by atoms with Gasteiger partial charge in [-0.05, 0) is 18.8 Å². The third-order valence-electron chi connectivity index (χ3n) is 1.70. The van der Waals surface area contributed by atoms with Crippen LogP contribution in [-0.2, 0) is 4.79 Å². The van der Waals surface area contributed by atoms with Crippen LogP contribution < -0.4 is 0 Å². The summed E-state index contributed by atoms with van der Waals surface area (Å²) < 4.78 is 0. The molecule has 0 atom stereocenters. The van der Waals surface area contributed by atoms with Crippen LogP contribution in [0, 0.1) is 5.92 Å². The van der Waals surface area contributed by atoms with Crippen molar-refractivity contribution in [1.82, 2.24) is 0 Å². The average molecular weight is 157 g/mol. The van der Waals surface area contributed by atoms with E-state index < -0.39 is 0 Å². The molecule has 0 spiro atoms. The summed E-state index contributed by atoms with van der Waals surface area (Å²) in [6, 6.07) is 0. The van der Waals surface area contributed by atoms with Crippen molar-refractivity contribution < 1.29 is 9.90 Å². The maximum absolute atomic E-state index is 9.91. The third kappa shape index (κ3) is 7.53. The highest BCUT2D eigenvalue weighted by Gasteiger charge is 1.98. The molecule has 0 saturated heterocycles. The Hall–Kier alpha value is -0.370. The summed E-state index contributed by atoms with van der Waals surface area (Å²) in [4.78, 5) is 9.91. The van der Waals surface area contributed by atoms with Gasteiger partial charge in [0, 0.05) is 13.0 Å². The van der Waals surface area contributed by atoms with Crippen molar-refractivity contribution in [1.29, 1.82) is 0 Å². The first-order valence-corrected chi connectivity index (χ1v) is 4.17. The van der Waals surface area contributed by atoms with Gasteiger partial charge in [-0.2, -0.15) is 0 Å². The van der Waals surface area contributed by atoms with Crippen LogP contribution >= 0.6 is 0 Å². The number of aldehydes is 1. The standard InChI is InChI=1S/C9H17O2/c1-9(8-11)6-4-2-3-5-7-10/h7,11H,2-6,8H2,1H3. The lowest BCUT2D eigenvalue weighted by Crippen LogP contribution is -1.97. The highest BCUT2D eigenvalue weighted by Crippen LogP contribution is 2.10. The second-order valence-corrected chi connectivity index (χ2v) is 2.88. The molecular weight excluding hydrogens is 140 g/mol. The highest BCUT2D eigenvalue weighted by atomic mass is 16.3. The quantitative estimate of drug-likeness (QED) is 0.451. The smallest absolute Gasteiger partial charge is 0.119 e. The Morgan fingerprint density at radius 3 is 2.64 bits per heavy atom. The minimum Gasteiger partial charge on any atom is -0.396 e. The Morgan fingerprint density at radius 1 is 1.36 bits per heavy atom. The number of aliphatic hydroxyl groups is 1. The van der Waals surface area contributed by atoms with E-state index in [4.69, 9.17) is 5.11 Å². The first-order valence-electron chi connectivity index (χ1n) is 4.17. The van der Waals surface area contributed by atoms with Crippen LogP contribution in [0.15, 0.2) is 0 Å². The summed E-state index contributed by atoms with van der Waals surface area (Å²) in [5.41, 5.74) is 0. The normalized spacial score (nSPS) is 10.5. The van der Waals surface area contributed by atoms with Gasteiger partial charge in [-0.3, -0.25) is 0 Å². The topological polar surface area (TPSA) is 37.3 Å². The van der Waals surface area contributed by atoms with Crippen LogP contribution in [0.3, 0.4) is 0 Å². The summed E-state index contributed by atoms with van der Waals surface area (Å²) in [6.45, 7) is 2.16. The molecule has 0 heterocycles. The molecule has 0 unspecified atom stereocenters. The van der Waals surface area contributed by atoms with Gasteiger partial charge in [0.1, 0.15) is 6.29 Å². The zero-order valence-electron chi connectivity index (χ0n) is 7.18. The molecule has 0 aromatic heterocycles. The highest BCUT2D eigenvalue weighted by molar-refractivity contribution is 5.48. The molecule has 0 bridgehead atoms. The molecule has 0 saturated carbocycles. The van der Waals surface area contributed by atoms with Crippen LogP contribution in [-0.4, -0.2) is 18.0 Å². The Balaban J connectivity index is 2.95. The monoisotopic (exact) mass is 157 g/mol. The van der Waals surface area contributed by atoms with Crippen LogP contribution in [0.4, 0.5) is 0 Å². The van der Waals surface area contributed by atoms with Crippen molar-refractivity contribution in [2.45, 2.75) is 39.0 Å². The van der Waals surface area contributed by atoms with Gasteiger partial charge in [-0.25, -0.2) is 0 Å². The number of carbonyl (C=O) groups is 1. The number of unbranched alkanes of at least 4 members (excludes halogenated alkanes) is 3. The van der Waals surface area contributed by atoms with E-state index in [0.29, 0.717) is 6.42 Å². The molecule has 11 heavy (non-hydrogen) atoms. The Labute approximate surface area is 68.6 Å². The molecule has 0 aliphatic heterocycles. The van der Waals surface area contributed by atoms with Crippen LogP contribution in [0.1, 0.15) is 39.0 Å². The van der Waals surface area contributed by atoms with E-state index in [1.807, 2.05) is 6.92 Å². The lowest BCUT2D eigenvalue weighted by Gasteiger charge is -2.04. The molecule has 2 nitrogen and oxygen atoms in total. The van der Waals surface area contributed by atoms with E-state index >= 15 is 0 Å². The van der Waals surface area contributed by atoms with Gasteiger partial charge >= 0.3 is 0 Å². The van der Waals surface area contributed by atoms with Crippen LogP contribution in [0.25, 0.3) is 0 Å². The van der Waals surface area contributed by atoms with Crippen LogP contribution in [0.2, 0.25) is 0 Å². The molecule has 0 rings (SSSR count). The lowest BCUT2D eigenvalue weighted by atomic mass is 10.0. The molecule has 1 N–H and O–H groups in total. The number of aliphatic hydroxyl groups excluding tert-OH is 1. The Bertz CT molecular complexity index is 91.6. The summed E-state index contributed by atoms with van der Waals surface area (Å²) in [7, 11) is 0. The molecule has 0 aromatic rings. The number of hydrogen-bond donors (Lipinski definition) is 1. The van der Waals surface area contributed by atoms with Gasteiger partial charge in [0.2, 0.25) is 0 Å². The summed E-state index contributed by atoms with van der Waals surface area (Å²) in [6.07, 6.45) is 5.81. The average Bonchev–Trinajstić information content (AvgIpc) is 2.04. The van der Waals surface area contributed by atoms with E-state index in [1.165, 1.54) is 0 Å². The van der Waals surface area contributed by atoms with Crippen molar-refractivity contribution in [3.05, 3.63) is 5.92 Å². The largest absolute Gasteiger partial charge is 0.396 e. The lowest BCUT2D eigenvalue weighted by molar-refractivity contribution is -0.107. The molecule has 0 aliphatic carbocycles. The number of rotatable bonds is 7. The van der Waals surface area contributed by atoms with Gasteiger partial charge in [0.05, 0.1) is 0 Å². The van der Waals surface area contributed by atoms with Crippen molar-refractivity contribution in [3.63, 3.8) is 0 Å². The minimum absolute atomic E-state index is 0.202. The van der Waals surface area contributed by atoms with Crippen LogP contribution in [0.5, 0.6) is 0 Å². The Morgan fingerprint density at radius 2 is 2.09 bits per heavy atom. The van der Waals surface area contributed by atoms with Gasteiger partial charge in [-0.1, -0.05) is 19.8 Å². The van der Waals surface area contributed by atoms with Crippen molar-refractivity contribution >= 4 is 6.29 Å². The third-order valence-corrected chi connectivity index (χ3v) is 1.70. The summed E-state index contributed by atoms with van der Waals surface area (Å²) >= 11 is 0. The number of hydrogen-bond acceptors (Lipinski definition) is 2. The molecule has 0 fully saturated rings. The summed E-state index contributed by atoms with van der Waals surface area (Å²) in [5.74, 6) is 1.14. The van der Waals surface area contributed by atoms with E-state index in [0.717, 1.165) is 37.9 Å². The predicted octanol–water partition coefficient (Wildman–Crippen LogP) is 1.72. The fraction of sp³-hybridized carbons (Fsp3) is 0.778. The van der Waals surface area contributed by atoms with Gasteiger partial charge in [0.25, 0.3) is 0 Å². The molecule has 0 aromatic carbocycles. The maximum atomic E-state index is 9.91. The summed E-state index contributed by atoms with van der Waals surface area (Å²) in [5, 5.41) is 8.64. The Kier molecular flexibility index (Phi) is 7.47. The molecule has 2 heteroatoms. The van der Waals surface area contributed by atoms with E-state index in [1.54, 1.807) is 0 Å². The van der Waals surface area contributed by atoms with Crippen molar-refractivity contribution in [2.75, 3.05) is 6.61 Å².